The van der Waals surface area contributed by atoms with Crippen LogP contribution in [0.4, 0.5) is 5.69 Å². The van der Waals surface area contributed by atoms with Crippen LogP contribution in [-0.4, -0.2) is 50.9 Å². The van der Waals surface area contributed by atoms with Crippen LogP contribution in [0.2, 0.25) is 5.02 Å². The lowest BCUT2D eigenvalue weighted by atomic mass is 9.95. The van der Waals surface area contributed by atoms with Crippen LogP contribution in [0.5, 0.6) is 5.75 Å². The van der Waals surface area contributed by atoms with Gasteiger partial charge in [-0.05, 0) is 80.8 Å². The molecule has 0 bridgehead atoms. The highest BCUT2D eigenvalue weighted by Gasteiger charge is 2.33. The first kappa shape index (κ1) is 31.4. The average Bonchev–Trinajstić information content (AvgIpc) is 3.00. The third-order valence-corrected chi connectivity index (χ3v) is 9.67. The average molecular weight is 612 g/mol. The van der Waals surface area contributed by atoms with E-state index in [1.54, 1.807) is 67.6 Å². The van der Waals surface area contributed by atoms with Crippen LogP contribution in [0.3, 0.4) is 0 Å². The number of ether oxygens (including phenoxy) is 1. The molecule has 42 heavy (non-hydrogen) atoms. The molecule has 3 aromatic rings. The molecule has 3 aromatic carbocycles. The number of amides is 2. The molecule has 0 aromatic heterocycles. The highest BCUT2D eigenvalue weighted by molar-refractivity contribution is 7.92. The Morgan fingerprint density at radius 3 is 2.17 bits per heavy atom. The van der Waals surface area contributed by atoms with Gasteiger partial charge in [0.05, 0.1) is 17.7 Å². The van der Waals surface area contributed by atoms with E-state index in [0.717, 1.165) is 47.5 Å². The summed E-state index contributed by atoms with van der Waals surface area (Å²) in [6.45, 7) is 3.15. The van der Waals surface area contributed by atoms with Gasteiger partial charge in [-0.25, -0.2) is 8.42 Å². The van der Waals surface area contributed by atoms with Crippen molar-refractivity contribution in [3.8, 4) is 5.75 Å². The van der Waals surface area contributed by atoms with Crippen LogP contribution in [0, 0.1) is 6.92 Å². The minimum Gasteiger partial charge on any atom is -0.497 e. The number of sulfonamides is 1. The second kappa shape index (κ2) is 14.1. The van der Waals surface area contributed by atoms with E-state index in [1.165, 1.54) is 24.1 Å². The maximum absolute atomic E-state index is 14.1. The highest BCUT2D eigenvalue weighted by Crippen LogP contribution is 2.27. The van der Waals surface area contributed by atoms with E-state index in [-0.39, 0.29) is 23.4 Å². The number of aryl methyl sites for hydroxylation is 1. The lowest BCUT2D eigenvalue weighted by molar-refractivity contribution is -0.139. The van der Waals surface area contributed by atoms with Crippen molar-refractivity contribution in [2.24, 2.45) is 0 Å². The summed E-state index contributed by atoms with van der Waals surface area (Å²) in [5.41, 5.74) is 1.98. The van der Waals surface area contributed by atoms with E-state index in [4.69, 9.17) is 16.3 Å². The Kier molecular flexibility index (Phi) is 10.5. The van der Waals surface area contributed by atoms with Gasteiger partial charge in [0.25, 0.3) is 10.0 Å². The molecule has 0 saturated heterocycles. The molecule has 224 valence electrons. The zero-order valence-electron chi connectivity index (χ0n) is 24.3. The molecule has 1 N–H and O–H groups in total. The molecule has 1 atom stereocenters. The van der Waals surface area contributed by atoms with Gasteiger partial charge >= 0.3 is 0 Å². The maximum atomic E-state index is 14.1. The van der Waals surface area contributed by atoms with Crippen molar-refractivity contribution in [1.29, 1.82) is 0 Å². The monoisotopic (exact) mass is 611 g/mol. The van der Waals surface area contributed by atoms with Crippen LogP contribution < -0.4 is 14.4 Å². The summed E-state index contributed by atoms with van der Waals surface area (Å²) in [5.74, 6) is -0.223. The van der Waals surface area contributed by atoms with Gasteiger partial charge in [0.2, 0.25) is 11.8 Å². The molecule has 1 saturated carbocycles. The van der Waals surface area contributed by atoms with Gasteiger partial charge in [0.1, 0.15) is 18.3 Å². The molecule has 4 rings (SSSR count). The number of anilines is 1. The van der Waals surface area contributed by atoms with E-state index < -0.39 is 28.5 Å². The summed E-state index contributed by atoms with van der Waals surface area (Å²) in [7, 11) is -2.62. The van der Waals surface area contributed by atoms with Crippen molar-refractivity contribution >= 4 is 39.1 Å². The van der Waals surface area contributed by atoms with Crippen molar-refractivity contribution < 1.29 is 22.7 Å². The third kappa shape index (κ3) is 7.83. The summed E-state index contributed by atoms with van der Waals surface area (Å²) >= 11 is 6.08. The number of benzene rings is 3. The Bertz CT molecular complexity index is 1460. The van der Waals surface area contributed by atoms with Crippen LogP contribution >= 0.6 is 11.6 Å². The first-order chi connectivity index (χ1) is 20.1. The van der Waals surface area contributed by atoms with Gasteiger partial charge in [0.15, 0.2) is 0 Å². The second-order valence-electron chi connectivity index (χ2n) is 10.7. The normalized spacial score (nSPS) is 14.6. The van der Waals surface area contributed by atoms with E-state index in [1.807, 2.05) is 6.92 Å². The number of halogens is 1. The van der Waals surface area contributed by atoms with Gasteiger partial charge < -0.3 is 15.0 Å². The van der Waals surface area contributed by atoms with E-state index in [2.05, 4.69) is 5.32 Å². The quantitative estimate of drug-likeness (QED) is 0.299. The van der Waals surface area contributed by atoms with Crippen molar-refractivity contribution in [3.05, 3.63) is 88.9 Å². The second-order valence-corrected chi connectivity index (χ2v) is 13.0. The molecule has 8 nitrogen and oxygen atoms in total. The van der Waals surface area contributed by atoms with Gasteiger partial charge in [0, 0.05) is 17.6 Å². The zero-order chi connectivity index (χ0) is 30.3. The van der Waals surface area contributed by atoms with Crippen LogP contribution in [0.15, 0.2) is 77.7 Å². The summed E-state index contributed by atoms with van der Waals surface area (Å²) in [6, 6.07) is 19.2. The Morgan fingerprint density at radius 2 is 1.57 bits per heavy atom. The van der Waals surface area contributed by atoms with Crippen molar-refractivity contribution in [2.75, 3.05) is 18.0 Å². The first-order valence-electron chi connectivity index (χ1n) is 14.2. The number of rotatable bonds is 11. The Hall–Kier alpha value is -3.56. The predicted molar refractivity (Wildman–Crippen MR) is 165 cm³/mol. The maximum Gasteiger partial charge on any atom is 0.264 e. The fourth-order valence-electron chi connectivity index (χ4n) is 5.05. The number of nitrogens with zero attached hydrogens (tertiary/aromatic N) is 2. The van der Waals surface area contributed by atoms with Crippen LogP contribution in [0.25, 0.3) is 0 Å². The fraction of sp³-hybridized carbons (Fsp3) is 0.375. The molecule has 1 aliphatic rings. The number of carbonyl (C=O) groups excluding carboxylic acids is 2. The van der Waals surface area contributed by atoms with E-state index in [0.29, 0.717) is 16.5 Å². The van der Waals surface area contributed by atoms with Gasteiger partial charge in [-0.15, -0.1) is 0 Å². The minimum atomic E-state index is -4.14. The molecular weight excluding hydrogens is 574 g/mol. The van der Waals surface area contributed by atoms with Crippen molar-refractivity contribution in [3.63, 3.8) is 0 Å². The Balaban J connectivity index is 1.67. The highest BCUT2D eigenvalue weighted by atomic mass is 35.5. The summed E-state index contributed by atoms with van der Waals surface area (Å²) in [6.07, 6.45) is 5.08. The smallest absolute Gasteiger partial charge is 0.264 e. The van der Waals surface area contributed by atoms with Crippen molar-refractivity contribution in [2.45, 2.75) is 69.5 Å². The molecule has 10 heteroatoms. The molecule has 0 radical (unpaired) electrons. The molecule has 1 aliphatic carbocycles. The predicted octanol–water partition coefficient (Wildman–Crippen LogP) is 5.72. The van der Waals surface area contributed by atoms with Gasteiger partial charge in [-0.2, -0.15) is 0 Å². The SMILES string of the molecule is COc1ccc(N(CC(=O)N(Cc2ccc(Cl)cc2)[C@H](C)C(=O)NC2CCCCC2)S(=O)(=O)c2ccc(C)cc2)cc1. The molecule has 0 aliphatic heterocycles. The number of hydrogen-bond acceptors (Lipinski definition) is 5. The molecule has 2 amide bonds. The number of nitrogens with one attached hydrogen (secondary N) is 1. The van der Waals surface area contributed by atoms with Gasteiger partial charge in [-0.3, -0.25) is 13.9 Å². The summed E-state index contributed by atoms with van der Waals surface area (Å²) in [5, 5.41) is 3.66. The topological polar surface area (TPSA) is 96.0 Å². The zero-order valence-corrected chi connectivity index (χ0v) is 25.8. The number of carbonyl (C=O) groups is 2. The standard InChI is InChI=1S/C32H38ClN3O5S/c1-23-9-19-30(20-10-23)42(39,40)36(28-15-17-29(41-3)18-16-28)22-31(37)35(21-25-11-13-26(33)14-12-25)24(2)32(38)34-27-7-5-4-6-8-27/h9-20,24,27H,4-8,21-22H2,1-3H3,(H,34,38)/t24-/m1/s1. The van der Waals surface area contributed by atoms with E-state index in [9.17, 15) is 18.0 Å². The third-order valence-electron chi connectivity index (χ3n) is 7.63. The van der Waals surface area contributed by atoms with Crippen molar-refractivity contribution in [1.82, 2.24) is 10.2 Å². The molecule has 0 unspecified atom stereocenters. The van der Waals surface area contributed by atoms with E-state index >= 15 is 0 Å². The minimum absolute atomic E-state index is 0.0593. The molecule has 0 spiro atoms. The number of methoxy groups -OCH3 is 1. The Morgan fingerprint density at radius 1 is 0.952 bits per heavy atom. The lowest BCUT2D eigenvalue weighted by Gasteiger charge is -2.33. The molecule has 1 fully saturated rings. The van der Waals surface area contributed by atoms with Crippen LogP contribution in [-0.2, 0) is 26.2 Å². The lowest BCUT2D eigenvalue weighted by Crippen LogP contribution is -2.53. The Labute approximate surface area is 253 Å². The summed E-state index contributed by atoms with van der Waals surface area (Å²) in [4.78, 5) is 29.0. The largest absolute Gasteiger partial charge is 0.497 e. The summed E-state index contributed by atoms with van der Waals surface area (Å²) < 4.78 is 34.2. The molecule has 0 heterocycles. The number of hydrogen-bond donors (Lipinski definition) is 1. The van der Waals surface area contributed by atoms with Crippen LogP contribution in [0.1, 0.15) is 50.2 Å². The molecular formula is C32H38ClN3O5S. The fourth-order valence-corrected chi connectivity index (χ4v) is 6.59. The van der Waals surface area contributed by atoms with Gasteiger partial charge in [-0.1, -0.05) is 60.7 Å². The first-order valence-corrected chi connectivity index (χ1v) is 16.0.